The highest BCUT2D eigenvalue weighted by Gasteiger charge is 2.19. The van der Waals surface area contributed by atoms with Crippen LogP contribution >= 0.6 is 12.2 Å². The molecule has 2 N–H and O–H groups in total. The number of rotatable bonds is 3. The Morgan fingerprint density at radius 2 is 1.78 bits per heavy atom. The number of piperazine rings is 1. The fraction of sp³-hybridized carbons (Fsp3) is 0.583. The van der Waals surface area contributed by atoms with Crippen molar-refractivity contribution < 1.29 is 0 Å². The second-order valence-electron chi connectivity index (χ2n) is 4.68. The summed E-state index contributed by atoms with van der Waals surface area (Å²) in [4.78, 5) is 14.0. The van der Waals surface area contributed by atoms with E-state index >= 15 is 0 Å². The maximum Gasteiger partial charge on any atom is 0.225 e. The molecule has 5 nitrogen and oxygen atoms in total. The molecule has 18 heavy (non-hydrogen) atoms. The Kier molecular flexibility index (Phi) is 4.08. The minimum atomic E-state index is 0.561. The molecule has 0 spiro atoms. The molecule has 1 aliphatic heterocycles. The van der Waals surface area contributed by atoms with Crippen LogP contribution in [-0.2, 0) is 0 Å². The van der Waals surface area contributed by atoms with Gasteiger partial charge in [0, 0.05) is 44.1 Å². The molecular weight excluding hydrogens is 246 g/mol. The number of anilines is 1. The number of aromatic nitrogens is 2. The molecule has 2 heterocycles. The molecule has 1 fully saturated rings. The van der Waals surface area contributed by atoms with Crippen molar-refractivity contribution in [3.05, 3.63) is 17.5 Å². The van der Waals surface area contributed by atoms with Gasteiger partial charge in [0.2, 0.25) is 5.95 Å². The lowest BCUT2D eigenvalue weighted by atomic mass is 10.3. The summed E-state index contributed by atoms with van der Waals surface area (Å²) in [6.07, 6.45) is 0. The molecule has 1 saturated heterocycles. The molecule has 0 saturated carbocycles. The van der Waals surface area contributed by atoms with Crippen molar-refractivity contribution in [3.8, 4) is 0 Å². The average molecular weight is 265 g/mol. The number of aryl methyl sites for hydroxylation is 2. The minimum Gasteiger partial charge on any atom is -0.392 e. The number of nitrogens with two attached hydrogens (primary N) is 1. The molecule has 0 bridgehead atoms. The summed E-state index contributed by atoms with van der Waals surface area (Å²) in [5.74, 6) is 0.836. The highest BCUT2D eigenvalue weighted by atomic mass is 32.1. The van der Waals surface area contributed by atoms with Crippen molar-refractivity contribution in [2.75, 3.05) is 37.6 Å². The van der Waals surface area contributed by atoms with E-state index in [1.54, 1.807) is 0 Å². The van der Waals surface area contributed by atoms with Crippen LogP contribution in [0.2, 0.25) is 0 Å². The lowest BCUT2D eigenvalue weighted by Crippen LogP contribution is -2.49. The Hall–Kier alpha value is -1.27. The van der Waals surface area contributed by atoms with Gasteiger partial charge in [0.05, 0.1) is 4.99 Å². The fourth-order valence-electron chi connectivity index (χ4n) is 2.18. The second kappa shape index (κ2) is 5.58. The van der Waals surface area contributed by atoms with Gasteiger partial charge in [0.15, 0.2) is 0 Å². The molecule has 0 atom stereocenters. The first-order chi connectivity index (χ1) is 8.54. The summed E-state index contributed by atoms with van der Waals surface area (Å²) in [6, 6.07) is 1.99. The van der Waals surface area contributed by atoms with E-state index in [1.165, 1.54) is 0 Å². The van der Waals surface area contributed by atoms with Gasteiger partial charge in [-0.3, -0.25) is 4.90 Å². The highest BCUT2D eigenvalue weighted by Crippen LogP contribution is 2.12. The second-order valence-corrected chi connectivity index (χ2v) is 5.20. The molecule has 2 rings (SSSR count). The van der Waals surface area contributed by atoms with Crippen LogP contribution < -0.4 is 10.6 Å². The van der Waals surface area contributed by atoms with Crippen molar-refractivity contribution in [1.29, 1.82) is 0 Å². The Bertz CT molecular complexity index is 420. The maximum atomic E-state index is 5.56. The zero-order chi connectivity index (χ0) is 13.1. The first-order valence-electron chi connectivity index (χ1n) is 6.12. The quantitative estimate of drug-likeness (QED) is 0.803. The molecule has 0 amide bonds. The zero-order valence-corrected chi connectivity index (χ0v) is 11.7. The normalized spacial score (nSPS) is 16.9. The van der Waals surface area contributed by atoms with E-state index in [0.29, 0.717) is 11.5 Å². The average Bonchev–Trinajstić information content (AvgIpc) is 2.27. The topological polar surface area (TPSA) is 58.3 Å². The highest BCUT2D eigenvalue weighted by molar-refractivity contribution is 7.80. The first-order valence-corrected chi connectivity index (χ1v) is 6.53. The first kappa shape index (κ1) is 13.2. The standard InChI is InChI=1S/C12H19N5S/c1-9-7-10(2)15-12(14-9)17-5-3-16(4-6-17)8-11(13)18/h7H,3-6,8H2,1-2H3,(H2,13,18). The van der Waals surface area contributed by atoms with E-state index in [-0.39, 0.29) is 0 Å². The summed E-state index contributed by atoms with van der Waals surface area (Å²) in [5.41, 5.74) is 7.59. The van der Waals surface area contributed by atoms with Crippen molar-refractivity contribution in [2.24, 2.45) is 5.73 Å². The van der Waals surface area contributed by atoms with Crippen LogP contribution in [-0.4, -0.2) is 52.6 Å². The fourth-order valence-corrected chi connectivity index (χ4v) is 2.36. The van der Waals surface area contributed by atoms with Gasteiger partial charge < -0.3 is 10.6 Å². The number of thiocarbonyl (C=S) groups is 1. The lowest BCUT2D eigenvalue weighted by molar-refractivity contribution is 0.290. The van der Waals surface area contributed by atoms with Crippen LogP contribution in [0.5, 0.6) is 0 Å². The number of hydrogen-bond donors (Lipinski definition) is 1. The molecule has 98 valence electrons. The van der Waals surface area contributed by atoms with Gasteiger partial charge in [-0.1, -0.05) is 12.2 Å². The third-order valence-corrected chi connectivity index (χ3v) is 3.13. The summed E-state index contributed by atoms with van der Waals surface area (Å²) in [5, 5.41) is 0. The van der Waals surface area contributed by atoms with Crippen LogP contribution in [0.3, 0.4) is 0 Å². The van der Waals surface area contributed by atoms with Crippen molar-refractivity contribution in [3.63, 3.8) is 0 Å². The summed E-state index contributed by atoms with van der Waals surface area (Å²) < 4.78 is 0. The van der Waals surface area contributed by atoms with Gasteiger partial charge in [-0.15, -0.1) is 0 Å². The maximum absolute atomic E-state index is 5.56. The summed E-state index contributed by atoms with van der Waals surface area (Å²) >= 11 is 4.93. The monoisotopic (exact) mass is 265 g/mol. The largest absolute Gasteiger partial charge is 0.392 e. The van der Waals surface area contributed by atoms with E-state index in [0.717, 1.165) is 43.5 Å². The van der Waals surface area contributed by atoms with Crippen LogP contribution in [0.25, 0.3) is 0 Å². The van der Waals surface area contributed by atoms with Gasteiger partial charge >= 0.3 is 0 Å². The summed E-state index contributed by atoms with van der Waals surface area (Å²) in [7, 11) is 0. The van der Waals surface area contributed by atoms with E-state index < -0.39 is 0 Å². The van der Waals surface area contributed by atoms with E-state index in [2.05, 4.69) is 19.8 Å². The molecule has 0 radical (unpaired) electrons. The Labute approximate surface area is 113 Å². The third kappa shape index (κ3) is 3.36. The van der Waals surface area contributed by atoms with Gasteiger partial charge in [0.25, 0.3) is 0 Å². The predicted molar refractivity (Wildman–Crippen MR) is 76.9 cm³/mol. The van der Waals surface area contributed by atoms with Crippen molar-refractivity contribution in [1.82, 2.24) is 14.9 Å². The minimum absolute atomic E-state index is 0.561. The molecule has 1 aliphatic rings. The number of nitrogens with zero attached hydrogens (tertiary/aromatic N) is 4. The Morgan fingerprint density at radius 1 is 1.22 bits per heavy atom. The summed E-state index contributed by atoms with van der Waals surface area (Å²) in [6.45, 7) is 8.46. The lowest BCUT2D eigenvalue weighted by Gasteiger charge is -2.34. The predicted octanol–water partition coefficient (Wildman–Crippen LogP) is 0.502. The van der Waals surface area contributed by atoms with E-state index in [9.17, 15) is 0 Å². The van der Waals surface area contributed by atoms with Crippen LogP contribution in [0.15, 0.2) is 6.07 Å². The molecule has 0 aliphatic carbocycles. The van der Waals surface area contributed by atoms with E-state index in [1.807, 2.05) is 19.9 Å². The van der Waals surface area contributed by atoms with Gasteiger partial charge in [-0.05, 0) is 19.9 Å². The van der Waals surface area contributed by atoms with Crippen molar-refractivity contribution >= 4 is 23.2 Å². The Morgan fingerprint density at radius 3 is 2.28 bits per heavy atom. The molecular formula is C12H19N5S. The molecule has 0 unspecified atom stereocenters. The third-order valence-electron chi connectivity index (χ3n) is 3.01. The van der Waals surface area contributed by atoms with Crippen LogP contribution in [0, 0.1) is 13.8 Å². The Balaban J connectivity index is 1.98. The number of hydrogen-bond acceptors (Lipinski definition) is 5. The van der Waals surface area contributed by atoms with Crippen LogP contribution in [0.1, 0.15) is 11.4 Å². The molecule has 1 aromatic heterocycles. The van der Waals surface area contributed by atoms with E-state index in [4.69, 9.17) is 18.0 Å². The van der Waals surface area contributed by atoms with Crippen LogP contribution in [0.4, 0.5) is 5.95 Å². The van der Waals surface area contributed by atoms with Crippen molar-refractivity contribution in [2.45, 2.75) is 13.8 Å². The zero-order valence-electron chi connectivity index (χ0n) is 10.9. The van der Waals surface area contributed by atoms with Gasteiger partial charge in [-0.25, -0.2) is 9.97 Å². The molecule has 0 aromatic carbocycles. The van der Waals surface area contributed by atoms with Gasteiger partial charge in [-0.2, -0.15) is 0 Å². The molecule has 1 aromatic rings. The SMILES string of the molecule is Cc1cc(C)nc(N2CCN(CC(N)=S)CC2)n1. The smallest absolute Gasteiger partial charge is 0.225 e. The van der Waals surface area contributed by atoms with Gasteiger partial charge in [0.1, 0.15) is 0 Å². The molecule has 6 heteroatoms.